The summed E-state index contributed by atoms with van der Waals surface area (Å²) in [5.41, 5.74) is 2.86. The fourth-order valence-electron chi connectivity index (χ4n) is 1.84. The van der Waals surface area contributed by atoms with Gasteiger partial charge in [-0.15, -0.1) is 0 Å². The Labute approximate surface area is 105 Å². The van der Waals surface area contributed by atoms with E-state index >= 15 is 0 Å². The molecule has 0 bridgehead atoms. The van der Waals surface area contributed by atoms with E-state index in [9.17, 15) is 5.11 Å². The Balaban J connectivity index is 2.25. The Kier molecular flexibility index (Phi) is 3.26. The van der Waals surface area contributed by atoms with Crippen LogP contribution < -0.4 is 0 Å². The SMILES string of the molecule is Cc1nn(C)c(Cl)c1Cn1ccc(C(C)O)c1. The first-order valence-corrected chi connectivity index (χ1v) is 5.88. The number of aliphatic hydroxyl groups excluding tert-OH is 1. The normalized spacial score (nSPS) is 13.0. The predicted octanol–water partition coefficient (Wildman–Crippen LogP) is 2.29. The molecule has 2 aromatic rings. The maximum absolute atomic E-state index is 9.46. The number of hydrogen-bond donors (Lipinski definition) is 1. The zero-order chi connectivity index (χ0) is 12.6. The van der Waals surface area contributed by atoms with Crippen molar-refractivity contribution >= 4 is 11.6 Å². The van der Waals surface area contributed by atoms with E-state index in [1.54, 1.807) is 11.6 Å². The van der Waals surface area contributed by atoms with Crippen LogP contribution in [0.3, 0.4) is 0 Å². The van der Waals surface area contributed by atoms with Crippen LogP contribution in [0.25, 0.3) is 0 Å². The number of aliphatic hydroxyl groups is 1. The van der Waals surface area contributed by atoms with Gasteiger partial charge in [0, 0.05) is 25.0 Å². The molecule has 1 atom stereocenters. The average molecular weight is 254 g/mol. The monoisotopic (exact) mass is 253 g/mol. The fraction of sp³-hybridized carbons (Fsp3) is 0.417. The first kappa shape index (κ1) is 12.2. The Bertz CT molecular complexity index is 528. The Hall–Kier alpha value is -1.26. The third-order valence-corrected chi connectivity index (χ3v) is 3.34. The Morgan fingerprint density at radius 2 is 2.24 bits per heavy atom. The summed E-state index contributed by atoms with van der Waals surface area (Å²) in [7, 11) is 1.83. The summed E-state index contributed by atoms with van der Waals surface area (Å²) < 4.78 is 3.67. The number of aryl methyl sites for hydroxylation is 2. The molecule has 4 nitrogen and oxygen atoms in total. The molecule has 0 amide bonds. The summed E-state index contributed by atoms with van der Waals surface area (Å²) in [5.74, 6) is 0. The van der Waals surface area contributed by atoms with E-state index in [1.807, 2.05) is 37.0 Å². The Morgan fingerprint density at radius 1 is 1.53 bits per heavy atom. The lowest BCUT2D eigenvalue weighted by atomic mass is 10.2. The van der Waals surface area contributed by atoms with Gasteiger partial charge in [0.05, 0.1) is 18.3 Å². The number of nitrogens with zero attached hydrogens (tertiary/aromatic N) is 3. The second-order valence-corrected chi connectivity index (χ2v) is 4.63. The zero-order valence-electron chi connectivity index (χ0n) is 10.2. The van der Waals surface area contributed by atoms with Gasteiger partial charge in [0.25, 0.3) is 0 Å². The molecule has 0 fully saturated rings. The van der Waals surface area contributed by atoms with E-state index in [2.05, 4.69) is 5.10 Å². The van der Waals surface area contributed by atoms with Crippen LogP contribution in [0.1, 0.15) is 29.8 Å². The molecule has 0 aliphatic carbocycles. The van der Waals surface area contributed by atoms with Crippen LogP contribution in [0, 0.1) is 6.92 Å². The van der Waals surface area contributed by atoms with Crippen molar-refractivity contribution in [1.82, 2.24) is 14.3 Å². The van der Waals surface area contributed by atoms with Crippen molar-refractivity contribution < 1.29 is 5.11 Å². The molecule has 0 aliphatic heterocycles. The van der Waals surface area contributed by atoms with Crippen LogP contribution in [0.2, 0.25) is 5.15 Å². The topological polar surface area (TPSA) is 43.0 Å². The minimum Gasteiger partial charge on any atom is -0.389 e. The van der Waals surface area contributed by atoms with E-state index in [-0.39, 0.29) is 0 Å². The first-order valence-electron chi connectivity index (χ1n) is 5.50. The molecule has 1 unspecified atom stereocenters. The van der Waals surface area contributed by atoms with E-state index in [4.69, 9.17) is 11.6 Å². The number of aromatic nitrogens is 3. The lowest BCUT2D eigenvalue weighted by Gasteiger charge is -2.03. The molecule has 17 heavy (non-hydrogen) atoms. The molecule has 2 heterocycles. The molecule has 92 valence electrons. The summed E-state index contributed by atoms with van der Waals surface area (Å²) in [5, 5.41) is 14.4. The molecule has 0 aliphatic rings. The van der Waals surface area contributed by atoms with Crippen molar-refractivity contribution in [2.45, 2.75) is 26.5 Å². The van der Waals surface area contributed by atoms with E-state index in [1.165, 1.54) is 0 Å². The van der Waals surface area contributed by atoms with Gasteiger partial charge in [-0.1, -0.05) is 11.6 Å². The number of rotatable bonds is 3. The smallest absolute Gasteiger partial charge is 0.131 e. The minimum absolute atomic E-state index is 0.443. The molecule has 0 saturated heterocycles. The van der Waals surface area contributed by atoms with Gasteiger partial charge in [0.1, 0.15) is 5.15 Å². The standard InChI is InChI=1S/C12H16ClN3O/c1-8-11(12(13)15(3)14-8)7-16-5-4-10(6-16)9(2)17/h4-6,9,17H,7H2,1-3H3. The molecule has 5 heteroatoms. The highest BCUT2D eigenvalue weighted by atomic mass is 35.5. The van der Waals surface area contributed by atoms with Gasteiger partial charge in [0.2, 0.25) is 0 Å². The van der Waals surface area contributed by atoms with E-state index in [0.717, 1.165) is 16.8 Å². The lowest BCUT2D eigenvalue weighted by molar-refractivity contribution is 0.199. The largest absolute Gasteiger partial charge is 0.389 e. The van der Waals surface area contributed by atoms with Gasteiger partial charge in [-0.05, 0) is 25.5 Å². The van der Waals surface area contributed by atoms with Crippen molar-refractivity contribution in [1.29, 1.82) is 0 Å². The van der Waals surface area contributed by atoms with E-state index < -0.39 is 6.10 Å². The summed E-state index contributed by atoms with van der Waals surface area (Å²) >= 11 is 6.17. The zero-order valence-corrected chi connectivity index (χ0v) is 10.9. The van der Waals surface area contributed by atoms with Crippen LogP contribution in [-0.4, -0.2) is 19.5 Å². The molecule has 2 rings (SSSR count). The third-order valence-electron chi connectivity index (χ3n) is 2.87. The Morgan fingerprint density at radius 3 is 2.71 bits per heavy atom. The van der Waals surface area contributed by atoms with Gasteiger partial charge in [0.15, 0.2) is 0 Å². The quantitative estimate of drug-likeness (QED) is 0.912. The minimum atomic E-state index is -0.443. The summed E-state index contributed by atoms with van der Waals surface area (Å²) in [6.45, 7) is 4.37. The highest BCUT2D eigenvalue weighted by Gasteiger charge is 2.12. The second-order valence-electron chi connectivity index (χ2n) is 4.27. The second kappa shape index (κ2) is 4.55. The third kappa shape index (κ3) is 2.37. The van der Waals surface area contributed by atoms with Gasteiger partial charge in [-0.25, -0.2) is 0 Å². The van der Waals surface area contributed by atoms with Gasteiger partial charge >= 0.3 is 0 Å². The van der Waals surface area contributed by atoms with Crippen LogP contribution >= 0.6 is 11.6 Å². The lowest BCUT2D eigenvalue weighted by Crippen LogP contribution is -1.98. The van der Waals surface area contributed by atoms with Gasteiger partial charge in [-0.3, -0.25) is 4.68 Å². The molecular formula is C12H16ClN3O. The average Bonchev–Trinajstić information content (AvgIpc) is 2.80. The first-order chi connectivity index (χ1) is 7.99. The maximum Gasteiger partial charge on any atom is 0.131 e. The molecule has 1 N–H and O–H groups in total. The highest BCUT2D eigenvalue weighted by molar-refractivity contribution is 6.30. The molecular weight excluding hydrogens is 238 g/mol. The molecule has 2 aromatic heterocycles. The molecule has 0 radical (unpaired) electrons. The molecule has 0 saturated carbocycles. The number of halogens is 1. The summed E-state index contributed by atoms with van der Waals surface area (Å²) in [4.78, 5) is 0. The predicted molar refractivity (Wildman–Crippen MR) is 67.1 cm³/mol. The van der Waals surface area contributed by atoms with Crippen molar-refractivity contribution in [3.8, 4) is 0 Å². The summed E-state index contributed by atoms with van der Waals surface area (Å²) in [6, 6.07) is 1.91. The molecule has 0 aromatic carbocycles. The van der Waals surface area contributed by atoms with E-state index in [0.29, 0.717) is 11.7 Å². The summed E-state index contributed by atoms with van der Waals surface area (Å²) in [6.07, 6.45) is 3.42. The maximum atomic E-state index is 9.46. The van der Waals surface area contributed by atoms with Crippen LogP contribution in [-0.2, 0) is 13.6 Å². The van der Waals surface area contributed by atoms with Crippen LogP contribution in [0.5, 0.6) is 0 Å². The van der Waals surface area contributed by atoms with Crippen molar-refractivity contribution in [3.63, 3.8) is 0 Å². The van der Waals surface area contributed by atoms with Crippen LogP contribution in [0.4, 0.5) is 0 Å². The van der Waals surface area contributed by atoms with Gasteiger partial charge in [-0.2, -0.15) is 5.10 Å². The van der Waals surface area contributed by atoms with Crippen molar-refractivity contribution in [3.05, 3.63) is 40.4 Å². The van der Waals surface area contributed by atoms with Crippen molar-refractivity contribution in [2.75, 3.05) is 0 Å². The van der Waals surface area contributed by atoms with Crippen LogP contribution in [0.15, 0.2) is 18.5 Å². The highest BCUT2D eigenvalue weighted by Crippen LogP contribution is 2.21. The number of hydrogen-bond acceptors (Lipinski definition) is 2. The van der Waals surface area contributed by atoms with Crippen molar-refractivity contribution in [2.24, 2.45) is 7.05 Å². The fourth-order valence-corrected chi connectivity index (χ4v) is 2.08. The van der Waals surface area contributed by atoms with Gasteiger partial charge < -0.3 is 9.67 Å². The molecule has 0 spiro atoms.